The summed E-state index contributed by atoms with van der Waals surface area (Å²) >= 11 is 1.72. The number of unbranched alkanes of at least 4 members (excludes halogenated alkanes) is 1. The van der Waals surface area contributed by atoms with Crippen molar-refractivity contribution in [3.05, 3.63) is 35.2 Å². The summed E-state index contributed by atoms with van der Waals surface area (Å²) in [7, 11) is 3.69. The van der Waals surface area contributed by atoms with Crippen molar-refractivity contribution in [2.75, 3.05) is 40.4 Å². The Balaban J connectivity index is 1.48. The van der Waals surface area contributed by atoms with Gasteiger partial charge >= 0.3 is 6.03 Å². The van der Waals surface area contributed by atoms with Crippen molar-refractivity contribution in [3.63, 3.8) is 0 Å². The lowest BCUT2D eigenvalue weighted by molar-refractivity contribution is -0.0552. The first kappa shape index (κ1) is 28.3. The van der Waals surface area contributed by atoms with Crippen molar-refractivity contribution in [2.45, 2.75) is 82.3 Å². The number of hydrogen-bond acceptors (Lipinski definition) is 5. The van der Waals surface area contributed by atoms with Gasteiger partial charge < -0.3 is 25.4 Å². The number of amides is 2. The minimum atomic E-state index is -0.972. The van der Waals surface area contributed by atoms with Crippen LogP contribution in [0.4, 0.5) is 4.79 Å². The number of benzene rings is 1. The van der Waals surface area contributed by atoms with Gasteiger partial charge in [-0.2, -0.15) is 0 Å². The Labute approximate surface area is 227 Å². The molecule has 4 rings (SSSR count). The molecule has 1 saturated heterocycles. The lowest BCUT2D eigenvalue weighted by Crippen LogP contribution is -2.54. The molecule has 206 valence electrons. The summed E-state index contributed by atoms with van der Waals surface area (Å²) in [5.74, 6) is 0.714. The van der Waals surface area contributed by atoms with Gasteiger partial charge in [0.1, 0.15) is 0 Å². The predicted octanol–water partition coefficient (Wildman–Crippen LogP) is 5.89. The number of methoxy groups -OCH3 is 1. The number of hydrogen-bond donors (Lipinski definition) is 3. The number of nitrogens with zero attached hydrogens (tertiary/aromatic N) is 1. The normalized spacial score (nSPS) is 21.6. The molecule has 37 heavy (non-hydrogen) atoms. The second-order valence-electron chi connectivity index (χ2n) is 11.2. The van der Waals surface area contributed by atoms with E-state index in [-0.39, 0.29) is 18.0 Å². The van der Waals surface area contributed by atoms with Crippen LogP contribution in [-0.4, -0.2) is 62.5 Å². The van der Waals surface area contributed by atoms with E-state index in [2.05, 4.69) is 40.3 Å². The van der Waals surface area contributed by atoms with Gasteiger partial charge in [-0.15, -0.1) is 11.3 Å². The Morgan fingerprint density at radius 2 is 2.03 bits per heavy atom. The molecule has 2 aromatic rings. The molecule has 3 N–H and O–H groups in total. The van der Waals surface area contributed by atoms with Gasteiger partial charge in [0.05, 0.1) is 5.60 Å². The van der Waals surface area contributed by atoms with Gasteiger partial charge in [0, 0.05) is 50.0 Å². The van der Waals surface area contributed by atoms with Gasteiger partial charge in [-0.25, -0.2) is 4.79 Å². The Morgan fingerprint density at radius 1 is 1.19 bits per heavy atom. The van der Waals surface area contributed by atoms with Crippen LogP contribution in [0.1, 0.15) is 76.2 Å². The number of thiophene rings is 1. The van der Waals surface area contributed by atoms with Crippen LogP contribution in [0.3, 0.4) is 0 Å². The van der Waals surface area contributed by atoms with Crippen LogP contribution in [-0.2, 0) is 10.3 Å². The van der Waals surface area contributed by atoms with Gasteiger partial charge in [-0.3, -0.25) is 0 Å². The van der Waals surface area contributed by atoms with E-state index in [1.54, 1.807) is 18.4 Å². The summed E-state index contributed by atoms with van der Waals surface area (Å²) in [6, 6.07) is 8.59. The van der Waals surface area contributed by atoms with Crippen LogP contribution in [0.15, 0.2) is 29.6 Å². The van der Waals surface area contributed by atoms with Crippen molar-refractivity contribution >= 4 is 27.5 Å². The van der Waals surface area contributed by atoms with Crippen molar-refractivity contribution in [2.24, 2.45) is 11.8 Å². The van der Waals surface area contributed by atoms with E-state index in [1.165, 1.54) is 36.8 Å². The summed E-state index contributed by atoms with van der Waals surface area (Å²) in [5.41, 5.74) is 0.0426. The molecule has 2 heterocycles. The van der Waals surface area contributed by atoms with Crippen LogP contribution in [0.5, 0.6) is 0 Å². The highest BCUT2D eigenvalue weighted by Gasteiger charge is 2.42. The van der Waals surface area contributed by atoms with E-state index < -0.39 is 5.60 Å². The average molecular weight is 530 g/mol. The number of likely N-dealkylation sites (tertiary alicyclic amines) is 1. The number of fused-ring (bicyclic) bond motifs is 1. The number of rotatable bonds is 12. The molecule has 1 aromatic carbocycles. The van der Waals surface area contributed by atoms with Crippen LogP contribution in [0.25, 0.3) is 10.1 Å². The maximum Gasteiger partial charge on any atom is 0.317 e. The number of piperidine rings is 1. The largest absolute Gasteiger partial charge is 0.385 e. The van der Waals surface area contributed by atoms with Gasteiger partial charge in [0.2, 0.25) is 0 Å². The molecule has 2 aliphatic rings. The van der Waals surface area contributed by atoms with Crippen molar-refractivity contribution in [3.8, 4) is 0 Å². The number of aliphatic hydroxyl groups is 1. The van der Waals surface area contributed by atoms with Crippen LogP contribution < -0.4 is 10.6 Å². The minimum absolute atomic E-state index is 0.00106. The van der Waals surface area contributed by atoms with Gasteiger partial charge in [0.25, 0.3) is 0 Å². The first-order valence-corrected chi connectivity index (χ1v) is 15.3. The molecule has 0 spiro atoms. The Kier molecular flexibility index (Phi) is 10.7. The predicted molar refractivity (Wildman–Crippen MR) is 153 cm³/mol. The third-order valence-corrected chi connectivity index (χ3v) is 9.51. The van der Waals surface area contributed by atoms with Crippen LogP contribution in [0.2, 0.25) is 0 Å². The fraction of sp³-hybridized carbons (Fsp3) is 0.700. The molecule has 0 radical (unpaired) electrons. The Morgan fingerprint density at radius 3 is 2.81 bits per heavy atom. The second-order valence-corrected chi connectivity index (χ2v) is 12.2. The first-order valence-electron chi connectivity index (χ1n) is 14.4. The van der Waals surface area contributed by atoms with Crippen LogP contribution in [0, 0.1) is 11.8 Å². The van der Waals surface area contributed by atoms with E-state index in [9.17, 15) is 9.90 Å². The zero-order valence-electron chi connectivity index (χ0n) is 22.8. The van der Waals surface area contributed by atoms with E-state index in [1.807, 2.05) is 11.9 Å². The van der Waals surface area contributed by atoms with Crippen molar-refractivity contribution in [1.82, 2.24) is 15.5 Å². The monoisotopic (exact) mass is 529 g/mol. The topological polar surface area (TPSA) is 73.8 Å². The number of ether oxygens (including phenoxy) is 1. The molecule has 1 aliphatic heterocycles. The third kappa shape index (κ3) is 7.25. The van der Waals surface area contributed by atoms with Gasteiger partial charge in [0.15, 0.2) is 0 Å². The second kappa shape index (κ2) is 13.9. The van der Waals surface area contributed by atoms with Crippen molar-refractivity contribution < 1.29 is 14.6 Å². The Hall–Kier alpha value is -1.67. The SMILES string of the molecule is CNCC(CC1CCCCC1)NC(=O)N1CCC[C@@H]([C@@](O)(CCCCOC)c2cccc3sccc23)C1. The minimum Gasteiger partial charge on any atom is -0.385 e. The molecule has 1 unspecified atom stereocenters. The highest BCUT2D eigenvalue weighted by Crippen LogP contribution is 2.43. The van der Waals surface area contributed by atoms with Gasteiger partial charge in [-0.1, -0.05) is 44.2 Å². The number of carbonyl (C=O) groups excluding carboxylic acids is 1. The Bertz CT molecular complexity index is 976. The lowest BCUT2D eigenvalue weighted by atomic mass is 9.73. The third-order valence-electron chi connectivity index (χ3n) is 8.62. The molecule has 7 heteroatoms. The highest BCUT2D eigenvalue weighted by molar-refractivity contribution is 7.17. The fourth-order valence-electron chi connectivity index (χ4n) is 6.65. The zero-order chi connectivity index (χ0) is 26.1. The maximum atomic E-state index is 13.5. The molecular weight excluding hydrogens is 482 g/mol. The first-order chi connectivity index (χ1) is 18.0. The number of likely N-dealkylation sites (N-methyl/N-ethyl adjacent to an activating group) is 1. The van der Waals surface area contributed by atoms with E-state index in [0.717, 1.165) is 56.1 Å². The summed E-state index contributed by atoms with van der Waals surface area (Å²) in [5, 5.41) is 22.3. The van der Waals surface area contributed by atoms with E-state index in [0.29, 0.717) is 25.5 Å². The summed E-state index contributed by atoms with van der Waals surface area (Å²) < 4.78 is 6.48. The molecular formula is C30H47N3O3S. The fourth-order valence-corrected chi connectivity index (χ4v) is 7.47. The standard InChI is InChI=1S/C30H47N3O3S/c1-31-21-25(20-23-10-4-3-5-11-23)32-29(34)33-17-9-12-24(22-33)30(35,16-6-7-18-36-2)27-13-8-14-28-26(27)15-19-37-28/h8,13-15,19,23-25,31,35H,3-7,9-12,16-18,20-22H2,1-2H3,(H,32,34)/t24-,25?,30+/m1/s1. The smallest absolute Gasteiger partial charge is 0.317 e. The summed E-state index contributed by atoms with van der Waals surface area (Å²) in [4.78, 5) is 15.5. The quantitative estimate of drug-likeness (QED) is 0.300. The molecule has 1 aliphatic carbocycles. The maximum absolute atomic E-state index is 13.5. The molecule has 6 nitrogen and oxygen atoms in total. The molecule has 1 saturated carbocycles. The molecule has 0 bridgehead atoms. The molecule has 2 amide bonds. The number of nitrogens with one attached hydrogen (secondary N) is 2. The molecule has 2 fully saturated rings. The summed E-state index contributed by atoms with van der Waals surface area (Å²) in [6.07, 6.45) is 11.9. The highest BCUT2D eigenvalue weighted by atomic mass is 32.1. The zero-order valence-corrected chi connectivity index (χ0v) is 23.7. The van der Waals surface area contributed by atoms with Gasteiger partial charge in [-0.05, 0) is 80.0 Å². The van der Waals surface area contributed by atoms with Crippen molar-refractivity contribution in [1.29, 1.82) is 0 Å². The van der Waals surface area contributed by atoms with E-state index in [4.69, 9.17) is 4.74 Å². The molecule has 3 atom stereocenters. The molecule has 1 aromatic heterocycles. The number of carbonyl (C=O) groups is 1. The van der Waals surface area contributed by atoms with E-state index >= 15 is 0 Å². The van der Waals surface area contributed by atoms with Crippen LogP contribution >= 0.6 is 11.3 Å². The summed E-state index contributed by atoms with van der Waals surface area (Å²) in [6.45, 7) is 2.83. The average Bonchev–Trinajstić information content (AvgIpc) is 3.41. The lowest BCUT2D eigenvalue weighted by Gasteiger charge is -2.43. The number of urea groups is 1.